The summed E-state index contributed by atoms with van der Waals surface area (Å²) in [6.45, 7) is 3.13. The molecule has 0 aliphatic carbocycles. The van der Waals surface area contributed by atoms with E-state index in [1.807, 2.05) is 25.1 Å². The highest BCUT2D eigenvalue weighted by atomic mass is 127. The molecule has 0 amide bonds. The van der Waals surface area contributed by atoms with Crippen LogP contribution in [0.3, 0.4) is 0 Å². The highest BCUT2D eigenvalue weighted by Crippen LogP contribution is 2.28. The van der Waals surface area contributed by atoms with Crippen LogP contribution in [-0.2, 0) is 11.3 Å². The fourth-order valence-corrected chi connectivity index (χ4v) is 1.82. The molecule has 1 aromatic rings. The number of hydrogen-bond acceptors (Lipinski definition) is 4. The monoisotopic (exact) mass is 433 g/mol. The van der Waals surface area contributed by atoms with Crippen molar-refractivity contribution in [2.75, 3.05) is 27.4 Å². The number of hydrogen-bond donors (Lipinski definition) is 2. The Morgan fingerprint density at radius 2 is 2.13 bits per heavy atom. The molecule has 7 heteroatoms. The maximum atomic E-state index is 5.83. The Hall–Kier alpha value is -1.66. The lowest BCUT2D eigenvalue weighted by atomic mass is 10.2. The summed E-state index contributed by atoms with van der Waals surface area (Å²) in [4.78, 5) is 4.28. The number of nitrogens with zero attached hydrogens (tertiary/aromatic N) is 1. The molecule has 128 valence electrons. The molecule has 0 saturated carbocycles. The van der Waals surface area contributed by atoms with Gasteiger partial charge >= 0.3 is 0 Å². The minimum Gasteiger partial charge on any atom is -0.493 e. The third-order valence-corrected chi connectivity index (χ3v) is 2.78. The predicted molar refractivity (Wildman–Crippen MR) is 103 cm³/mol. The zero-order valence-electron chi connectivity index (χ0n) is 13.7. The minimum atomic E-state index is 0. The van der Waals surface area contributed by atoms with Crippen molar-refractivity contribution in [3.05, 3.63) is 23.8 Å². The van der Waals surface area contributed by atoms with E-state index in [4.69, 9.17) is 26.4 Å². The van der Waals surface area contributed by atoms with Crippen molar-refractivity contribution in [2.45, 2.75) is 19.5 Å². The van der Waals surface area contributed by atoms with E-state index < -0.39 is 0 Å². The molecule has 1 unspecified atom stereocenters. The molecule has 0 fully saturated rings. The summed E-state index contributed by atoms with van der Waals surface area (Å²) in [5.41, 5.74) is 6.77. The Morgan fingerprint density at radius 3 is 2.74 bits per heavy atom. The van der Waals surface area contributed by atoms with Crippen LogP contribution in [0, 0.1) is 12.3 Å². The van der Waals surface area contributed by atoms with Crippen LogP contribution in [0.25, 0.3) is 0 Å². The lowest BCUT2D eigenvalue weighted by Gasteiger charge is -2.13. The van der Waals surface area contributed by atoms with Crippen LogP contribution in [0.2, 0.25) is 0 Å². The Kier molecular flexibility index (Phi) is 11.0. The predicted octanol–water partition coefficient (Wildman–Crippen LogP) is 1.76. The van der Waals surface area contributed by atoms with E-state index in [-0.39, 0.29) is 36.6 Å². The number of nitrogens with two attached hydrogens (primary N) is 1. The molecule has 0 aliphatic rings. The number of terminal acetylenes is 1. The van der Waals surface area contributed by atoms with Crippen molar-refractivity contribution in [1.29, 1.82) is 0 Å². The van der Waals surface area contributed by atoms with Gasteiger partial charge in [-0.05, 0) is 24.6 Å². The number of ether oxygens (including phenoxy) is 3. The first-order valence-electron chi connectivity index (χ1n) is 6.89. The number of methoxy groups -OCH3 is 2. The fraction of sp³-hybridized carbons (Fsp3) is 0.438. The molecular weight excluding hydrogens is 409 g/mol. The molecule has 3 N–H and O–H groups in total. The maximum Gasteiger partial charge on any atom is 0.189 e. The SMILES string of the molecule is C#CCOc1cc(CN=C(N)NC(C)COC)ccc1OC.I. The standard InChI is InChI=1S/C16H23N3O3.HI/c1-5-8-22-15-9-13(6-7-14(15)21-4)10-18-16(17)19-12(2)11-20-3;/h1,6-7,9,12H,8,10-11H2,2-4H3,(H3,17,18,19);1H. The van der Waals surface area contributed by atoms with E-state index in [2.05, 4.69) is 16.2 Å². The Balaban J connectivity index is 0.00000484. The number of aliphatic imine (C=N–C) groups is 1. The second-order valence-electron chi connectivity index (χ2n) is 4.68. The quantitative estimate of drug-likeness (QED) is 0.283. The number of rotatable bonds is 8. The van der Waals surface area contributed by atoms with E-state index in [1.165, 1.54) is 0 Å². The zero-order chi connectivity index (χ0) is 16.4. The van der Waals surface area contributed by atoms with Gasteiger partial charge in [0.2, 0.25) is 0 Å². The summed E-state index contributed by atoms with van der Waals surface area (Å²) < 4.78 is 15.7. The summed E-state index contributed by atoms with van der Waals surface area (Å²) >= 11 is 0. The molecule has 0 aliphatic heterocycles. The van der Waals surface area contributed by atoms with Gasteiger partial charge in [-0.2, -0.15) is 0 Å². The van der Waals surface area contributed by atoms with Crippen molar-refractivity contribution in [2.24, 2.45) is 10.7 Å². The average molecular weight is 433 g/mol. The largest absolute Gasteiger partial charge is 0.493 e. The van der Waals surface area contributed by atoms with Crippen molar-refractivity contribution in [1.82, 2.24) is 5.32 Å². The van der Waals surface area contributed by atoms with Gasteiger partial charge in [-0.25, -0.2) is 4.99 Å². The van der Waals surface area contributed by atoms with E-state index >= 15 is 0 Å². The van der Waals surface area contributed by atoms with Crippen LogP contribution in [0.15, 0.2) is 23.2 Å². The van der Waals surface area contributed by atoms with E-state index in [9.17, 15) is 0 Å². The molecule has 1 rings (SSSR count). The highest BCUT2D eigenvalue weighted by molar-refractivity contribution is 14.0. The summed E-state index contributed by atoms with van der Waals surface area (Å²) in [6.07, 6.45) is 5.20. The molecule has 0 heterocycles. The Morgan fingerprint density at radius 1 is 1.39 bits per heavy atom. The van der Waals surface area contributed by atoms with Crippen LogP contribution >= 0.6 is 24.0 Å². The van der Waals surface area contributed by atoms with Gasteiger partial charge in [-0.3, -0.25) is 0 Å². The van der Waals surface area contributed by atoms with Gasteiger partial charge in [0.25, 0.3) is 0 Å². The van der Waals surface area contributed by atoms with Crippen LogP contribution in [0.4, 0.5) is 0 Å². The van der Waals surface area contributed by atoms with Gasteiger partial charge in [0, 0.05) is 13.2 Å². The molecule has 0 aromatic heterocycles. The lowest BCUT2D eigenvalue weighted by Crippen LogP contribution is -2.40. The second-order valence-corrected chi connectivity index (χ2v) is 4.68. The molecule has 6 nitrogen and oxygen atoms in total. The summed E-state index contributed by atoms with van der Waals surface area (Å²) in [5.74, 6) is 4.01. The first-order chi connectivity index (χ1) is 10.6. The molecule has 1 aromatic carbocycles. The topological polar surface area (TPSA) is 78.1 Å². The minimum absolute atomic E-state index is 0. The zero-order valence-corrected chi connectivity index (χ0v) is 16.0. The van der Waals surface area contributed by atoms with Crippen molar-refractivity contribution in [3.8, 4) is 23.8 Å². The van der Waals surface area contributed by atoms with Gasteiger partial charge < -0.3 is 25.3 Å². The molecule has 0 radical (unpaired) electrons. The lowest BCUT2D eigenvalue weighted by molar-refractivity contribution is 0.179. The van der Waals surface area contributed by atoms with Gasteiger partial charge in [-0.15, -0.1) is 30.4 Å². The average Bonchev–Trinajstić information content (AvgIpc) is 2.51. The smallest absolute Gasteiger partial charge is 0.189 e. The fourth-order valence-electron chi connectivity index (χ4n) is 1.82. The summed E-state index contributed by atoms with van der Waals surface area (Å²) in [5, 5.41) is 3.04. The molecule has 0 spiro atoms. The first kappa shape index (κ1) is 21.3. The first-order valence-corrected chi connectivity index (χ1v) is 6.89. The third-order valence-electron chi connectivity index (χ3n) is 2.78. The van der Waals surface area contributed by atoms with Crippen LogP contribution in [0.1, 0.15) is 12.5 Å². The Bertz CT molecular complexity index is 544. The van der Waals surface area contributed by atoms with Crippen LogP contribution in [0.5, 0.6) is 11.5 Å². The molecule has 0 saturated heterocycles. The van der Waals surface area contributed by atoms with Crippen LogP contribution in [-0.4, -0.2) is 39.4 Å². The molecular formula is C16H24IN3O3. The number of nitrogens with one attached hydrogen (secondary N) is 1. The van der Waals surface area contributed by atoms with Crippen LogP contribution < -0.4 is 20.5 Å². The molecule has 1 atom stereocenters. The summed E-state index contributed by atoms with van der Waals surface area (Å²) in [7, 11) is 3.22. The second kappa shape index (κ2) is 11.8. The van der Waals surface area contributed by atoms with E-state index in [0.717, 1.165) is 5.56 Å². The number of halogens is 1. The van der Waals surface area contributed by atoms with Gasteiger partial charge in [0.1, 0.15) is 6.61 Å². The third kappa shape index (κ3) is 7.95. The Labute approximate surface area is 154 Å². The maximum absolute atomic E-state index is 5.83. The molecule has 23 heavy (non-hydrogen) atoms. The van der Waals surface area contributed by atoms with Gasteiger partial charge in [0.15, 0.2) is 17.5 Å². The normalized spacial score (nSPS) is 11.8. The van der Waals surface area contributed by atoms with Crippen molar-refractivity contribution >= 4 is 29.9 Å². The van der Waals surface area contributed by atoms with Gasteiger partial charge in [0.05, 0.1) is 20.3 Å². The number of benzene rings is 1. The van der Waals surface area contributed by atoms with Crippen molar-refractivity contribution < 1.29 is 14.2 Å². The van der Waals surface area contributed by atoms with Crippen molar-refractivity contribution in [3.63, 3.8) is 0 Å². The number of guanidine groups is 1. The van der Waals surface area contributed by atoms with Gasteiger partial charge in [-0.1, -0.05) is 12.0 Å². The molecule has 0 bridgehead atoms. The highest BCUT2D eigenvalue weighted by Gasteiger charge is 2.06. The van der Waals surface area contributed by atoms with E-state index in [1.54, 1.807) is 14.2 Å². The summed E-state index contributed by atoms with van der Waals surface area (Å²) in [6, 6.07) is 5.65. The van der Waals surface area contributed by atoms with E-state index in [0.29, 0.717) is 30.6 Å².